The Labute approximate surface area is 162 Å². The Hall–Kier alpha value is -2.60. The maximum absolute atomic E-state index is 13.0. The average Bonchev–Trinajstić information content (AvgIpc) is 2.67. The zero-order valence-corrected chi connectivity index (χ0v) is 16.5. The van der Waals surface area contributed by atoms with Crippen molar-refractivity contribution in [3.8, 4) is 0 Å². The van der Waals surface area contributed by atoms with Crippen LogP contribution in [0.5, 0.6) is 0 Å². The summed E-state index contributed by atoms with van der Waals surface area (Å²) in [7, 11) is 0. The van der Waals surface area contributed by atoms with E-state index in [0.717, 1.165) is 39.4 Å². The lowest BCUT2D eigenvalue weighted by atomic mass is 10.0. The lowest BCUT2D eigenvalue weighted by Gasteiger charge is -2.34. The summed E-state index contributed by atoms with van der Waals surface area (Å²) < 4.78 is 0. The molecule has 1 amide bonds. The van der Waals surface area contributed by atoms with Crippen LogP contribution in [0, 0.1) is 13.8 Å². The highest BCUT2D eigenvalue weighted by Crippen LogP contribution is 2.32. The van der Waals surface area contributed by atoms with E-state index in [2.05, 4.69) is 44.3 Å². The molecule has 1 atom stereocenters. The Balaban J connectivity index is 1.93. The zero-order chi connectivity index (χ0) is 19.0. The number of carbonyl (C=O) groups is 1. The second-order valence-corrected chi connectivity index (χ2v) is 7.86. The number of fused-ring (bicyclic) bond motifs is 2. The van der Waals surface area contributed by atoms with Gasteiger partial charge in [-0.2, -0.15) is 0 Å². The monoisotopic (exact) mass is 378 g/mol. The van der Waals surface area contributed by atoms with Gasteiger partial charge in [-0.3, -0.25) is 15.1 Å². The fourth-order valence-electron chi connectivity index (χ4n) is 3.33. The van der Waals surface area contributed by atoms with Crippen molar-refractivity contribution < 1.29 is 4.79 Å². The second-order valence-electron chi connectivity index (χ2n) is 6.78. The molecule has 0 aromatic heterocycles. The lowest BCUT2D eigenvalue weighted by molar-refractivity contribution is -0.116. The van der Waals surface area contributed by atoms with E-state index in [1.54, 1.807) is 16.8 Å². The fourth-order valence-corrected chi connectivity index (χ4v) is 4.04. The number of nitrogens with zero attached hydrogens (tertiary/aromatic N) is 3. The molecule has 27 heavy (non-hydrogen) atoms. The van der Waals surface area contributed by atoms with Crippen molar-refractivity contribution in [3.63, 3.8) is 0 Å². The number of nitrogens with one attached hydrogen (secondary N) is 1. The Morgan fingerprint density at radius 1 is 1.19 bits per heavy atom. The molecule has 1 unspecified atom stereocenters. The number of thioether (sulfide) groups is 1. The van der Waals surface area contributed by atoms with E-state index in [1.165, 1.54) is 0 Å². The first-order chi connectivity index (χ1) is 13.1. The van der Waals surface area contributed by atoms with Gasteiger partial charge < -0.3 is 0 Å². The first-order valence-corrected chi connectivity index (χ1v) is 10.1. The highest BCUT2D eigenvalue weighted by atomic mass is 32.2. The Morgan fingerprint density at radius 2 is 2.00 bits per heavy atom. The van der Waals surface area contributed by atoms with Crippen LogP contribution in [0.15, 0.2) is 52.6 Å². The van der Waals surface area contributed by atoms with Gasteiger partial charge in [0.15, 0.2) is 11.3 Å². The third kappa shape index (κ3) is 3.25. The number of amidine groups is 1. The summed E-state index contributed by atoms with van der Waals surface area (Å²) in [5, 5.41) is 11.8. The number of aryl methyl sites for hydroxylation is 2. The van der Waals surface area contributed by atoms with Crippen LogP contribution in [0.4, 0.5) is 0 Å². The zero-order valence-electron chi connectivity index (χ0n) is 15.7. The topological polar surface area (TPSA) is 57.1 Å². The number of benzene rings is 2. The normalized spacial score (nSPS) is 18.3. The van der Waals surface area contributed by atoms with Crippen LogP contribution in [0.1, 0.15) is 36.2 Å². The molecule has 0 aliphatic carbocycles. The van der Waals surface area contributed by atoms with Crippen molar-refractivity contribution in [3.05, 3.63) is 69.7 Å². The molecule has 2 aromatic carbocycles. The van der Waals surface area contributed by atoms with Crippen molar-refractivity contribution >= 4 is 28.5 Å². The number of rotatable bonds is 3. The van der Waals surface area contributed by atoms with E-state index < -0.39 is 0 Å². The number of hydrogen-bond acceptors (Lipinski definition) is 5. The smallest absolute Gasteiger partial charge is 0.276 e. The van der Waals surface area contributed by atoms with Gasteiger partial charge in [-0.05, 0) is 31.9 Å². The molecule has 0 radical (unpaired) electrons. The van der Waals surface area contributed by atoms with Gasteiger partial charge in [-0.25, -0.2) is 5.01 Å². The van der Waals surface area contributed by atoms with Gasteiger partial charge in [-0.15, -0.1) is 5.10 Å². The molecule has 0 saturated carbocycles. The van der Waals surface area contributed by atoms with Crippen molar-refractivity contribution in [2.45, 2.75) is 33.4 Å². The van der Waals surface area contributed by atoms with E-state index in [0.29, 0.717) is 10.9 Å². The number of carbonyl (C=O) groups excluding carboxylic acids is 1. The van der Waals surface area contributed by atoms with E-state index >= 15 is 0 Å². The fraction of sp³-hybridized carbons (Fsp3) is 0.286. The molecule has 2 heterocycles. The molecule has 2 aliphatic heterocycles. The quantitative estimate of drug-likeness (QED) is 0.893. The Kier molecular flexibility index (Phi) is 4.74. The highest BCUT2D eigenvalue weighted by Gasteiger charge is 2.34. The van der Waals surface area contributed by atoms with Crippen LogP contribution in [0.2, 0.25) is 0 Å². The van der Waals surface area contributed by atoms with Gasteiger partial charge >= 0.3 is 0 Å². The van der Waals surface area contributed by atoms with Gasteiger partial charge in [0.05, 0.1) is 5.36 Å². The maximum atomic E-state index is 13.0. The number of amides is 1. The van der Waals surface area contributed by atoms with E-state index in [-0.39, 0.29) is 12.1 Å². The van der Waals surface area contributed by atoms with Crippen molar-refractivity contribution in [2.75, 3.05) is 5.75 Å². The number of hydrogen-bond donors (Lipinski definition) is 1. The minimum Gasteiger partial charge on any atom is -0.298 e. The van der Waals surface area contributed by atoms with Gasteiger partial charge in [0, 0.05) is 16.5 Å². The SMILES string of the molecule is CCCSC1=NN2C(=c3ccccc3=NC2c2cc(C)ccc2C)C(=O)N1. The largest absolute Gasteiger partial charge is 0.298 e. The van der Waals surface area contributed by atoms with E-state index in [9.17, 15) is 4.79 Å². The van der Waals surface area contributed by atoms with Crippen LogP contribution in [-0.2, 0) is 4.79 Å². The van der Waals surface area contributed by atoms with Crippen molar-refractivity contribution in [2.24, 2.45) is 10.1 Å². The maximum Gasteiger partial charge on any atom is 0.276 e. The second kappa shape index (κ2) is 7.19. The summed E-state index contributed by atoms with van der Waals surface area (Å²) in [6.07, 6.45) is 0.669. The average molecular weight is 379 g/mol. The lowest BCUT2D eigenvalue weighted by Crippen LogP contribution is -2.50. The van der Waals surface area contributed by atoms with Gasteiger partial charge in [0.1, 0.15) is 5.70 Å². The molecular formula is C21H22N4OS. The predicted molar refractivity (Wildman–Crippen MR) is 109 cm³/mol. The molecule has 0 spiro atoms. The van der Waals surface area contributed by atoms with Gasteiger partial charge in [0.25, 0.3) is 5.91 Å². The molecule has 1 N–H and O–H groups in total. The van der Waals surface area contributed by atoms with Crippen molar-refractivity contribution in [1.29, 1.82) is 0 Å². The first kappa shape index (κ1) is 17.8. The third-order valence-corrected chi connectivity index (χ3v) is 5.74. The number of hydrazone groups is 1. The molecule has 0 fully saturated rings. The Bertz CT molecular complexity index is 1060. The van der Waals surface area contributed by atoms with Crippen LogP contribution >= 0.6 is 11.8 Å². The molecule has 4 rings (SSSR count). The van der Waals surface area contributed by atoms with Gasteiger partial charge in [-0.1, -0.05) is 60.6 Å². The van der Waals surface area contributed by atoms with E-state index in [1.807, 2.05) is 24.3 Å². The molecule has 0 saturated heterocycles. The van der Waals surface area contributed by atoms with Crippen LogP contribution in [-0.4, -0.2) is 21.8 Å². The summed E-state index contributed by atoms with van der Waals surface area (Å²) in [5.41, 5.74) is 3.93. The summed E-state index contributed by atoms with van der Waals surface area (Å²) in [5.74, 6) is 0.783. The van der Waals surface area contributed by atoms with E-state index in [4.69, 9.17) is 10.1 Å². The molecule has 138 valence electrons. The third-order valence-electron chi connectivity index (χ3n) is 4.67. The minimum absolute atomic E-state index is 0.124. The van der Waals surface area contributed by atoms with Crippen molar-refractivity contribution in [1.82, 2.24) is 10.3 Å². The Morgan fingerprint density at radius 3 is 2.81 bits per heavy atom. The van der Waals surface area contributed by atoms with Gasteiger partial charge in [0.2, 0.25) is 0 Å². The van der Waals surface area contributed by atoms with Crippen LogP contribution in [0.25, 0.3) is 5.70 Å². The standard InChI is InChI=1S/C21H22N4OS/c1-4-11-27-21-23-20(26)18-15-7-5-6-8-17(15)22-19(25(18)24-21)16-12-13(2)9-10-14(16)3/h5-10,12,19H,4,11H2,1-3H3,(H,23,24,26). The summed E-state index contributed by atoms with van der Waals surface area (Å²) >= 11 is 1.56. The number of para-hydroxylation sites is 1. The molecule has 0 bridgehead atoms. The minimum atomic E-state index is -0.349. The summed E-state index contributed by atoms with van der Waals surface area (Å²) in [6.45, 7) is 6.26. The first-order valence-electron chi connectivity index (χ1n) is 9.15. The molecular weight excluding hydrogens is 356 g/mol. The molecule has 2 aromatic rings. The summed E-state index contributed by atoms with van der Waals surface area (Å²) in [6, 6.07) is 14.1. The van der Waals surface area contributed by atoms with Crippen LogP contribution < -0.4 is 15.9 Å². The molecule has 5 nitrogen and oxygen atoms in total. The van der Waals surface area contributed by atoms with Crippen LogP contribution in [0.3, 0.4) is 0 Å². The summed E-state index contributed by atoms with van der Waals surface area (Å²) in [4.78, 5) is 17.9. The predicted octanol–water partition coefficient (Wildman–Crippen LogP) is 2.59. The highest BCUT2D eigenvalue weighted by molar-refractivity contribution is 8.13. The molecule has 2 aliphatic rings. The molecule has 6 heteroatoms.